The number of nitrogens with one attached hydrogen (secondary N) is 2. The standard InChI is InChI=1S/C16H29N3O2/c20-15(17-12-16(21)8-3-4-9-16)18-13-7-10-19(11-13)14-5-1-2-6-14/h13-14,21H,1-12H2,(H2,17,18,20). The van der Waals surface area contributed by atoms with Crippen LogP contribution in [0.25, 0.3) is 0 Å². The Labute approximate surface area is 127 Å². The third-order valence-electron chi connectivity index (χ3n) is 5.51. The number of carbonyl (C=O) groups is 1. The quantitative estimate of drug-likeness (QED) is 0.738. The molecule has 3 rings (SSSR count). The first kappa shape index (κ1) is 15.1. The van der Waals surface area contributed by atoms with Gasteiger partial charge in [-0.2, -0.15) is 0 Å². The van der Waals surface area contributed by atoms with Crippen LogP contribution in [-0.2, 0) is 0 Å². The van der Waals surface area contributed by atoms with Crippen LogP contribution in [0, 0.1) is 0 Å². The second-order valence-corrected chi connectivity index (χ2v) is 7.18. The lowest BCUT2D eigenvalue weighted by atomic mass is 10.0. The molecule has 0 aromatic heterocycles. The fraction of sp³-hybridized carbons (Fsp3) is 0.938. The van der Waals surface area contributed by atoms with Gasteiger partial charge < -0.3 is 15.7 Å². The van der Waals surface area contributed by atoms with Crippen molar-refractivity contribution in [1.82, 2.24) is 15.5 Å². The second-order valence-electron chi connectivity index (χ2n) is 7.18. The van der Waals surface area contributed by atoms with E-state index >= 15 is 0 Å². The van der Waals surface area contributed by atoms with Gasteiger partial charge in [0.15, 0.2) is 0 Å². The molecule has 21 heavy (non-hydrogen) atoms. The normalized spacial score (nSPS) is 29.9. The minimum absolute atomic E-state index is 0.117. The first-order valence-electron chi connectivity index (χ1n) is 8.65. The van der Waals surface area contributed by atoms with Crippen molar-refractivity contribution < 1.29 is 9.90 Å². The summed E-state index contributed by atoms with van der Waals surface area (Å²) in [4.78, 5) is 14.5. The van der Waals surface area contributed by atoms with Crippen molar-refractivity contribution in [3.8, 4) is 0 Å². The van der Waals surface area contributed by atoms with Crippen molar-refractivity contribution >= 4 is 6.03 Å². The molecule has 0 bridgehead atoms. The van der Waals surface area contributed by atoms with Crippen LogP contribution in [0.5, 0.6) is 0 Å². The Balaban J connectivity index is 1.37. The average Bonchev–Trinajstić information content (AvgIpc) is 3.17. The van der Waals surface area contributed by atoms with Gasteiger partial charge in [0.25, 0.3) is 0 Å². The smallest absolute Gasteiger partial charge is 0.315 e. The maximum absolute atomic E-state index is 12.0. The highest BCUT2D eigenvalue weighted by atomic mass is 16.3. The predicted molar refractivity (Wildman–Crippen MR) is 82.2 cm³/mol. The summed E-state index contributed by atoms with van der Waals surface area (Å²) in [5.74, 6) is 0. The van der Waals surface area contributed by atoms with Gasteiger partial charge in [-0.15, -0.1) is 0 Å². The third kappa shape index (κ3) is 3.89. The van der Waals surface area contributed by atoms with Crippen molar-refractivity contribution in [3.63, 3.8) is 0 Å². The number of hydrogen-bond acceptors (Lipinski definition) is 3. The Morgan fingerprint density at radius 2 is 1.86 bits per heavy atom. The van der Waals surface area contributed by atoms with Crippen LogP contribution in [0.4, 0.5) is 4.79 Å². The largest absolute Gasteiger partial charge is 0.388 e. The van der Waals surface area contributed by atoms with Gasteiger partial charge in [-0.05, 0) is 32.1 Å². The third-order valence-corrected chi connectivity index (χ3v) is 5.51. The SMILES string of the molecule is O=C(NCC1(O)CCCC1)NC1CCN(C2CCCC2)C1. The number of amides is 2. The summed E-state index contributed by atoms with van der Waals surface area (Å²) in [6, 6.07) is 0.900. The molecule has 1 aliphatic heterocycles. The summed E-state index contributed by atoms with van der Waals surface area (Å²) in [5.41, 5.74) is -0.664. The van der Waals surface area contributed by atoms with E-state index in [-0.39, 0.29) is 12.1 Å². The summed E-state index contributed by atoms with van der Waals surface area (Å²) in [5, 5.41) is 16.2. The average molecular weight is 295 g/mol. The van der Waals surface area contributed by atoms with E-state index in [1.165, 1.54) is 25.7 Å². The Hall–Kier alpha value is -0.810. The lowest BCUT2D eigenvalue weighted by Gasteiger charge is -2.24. The van der Waals surface area contributed by atoms with Crippen LogP contribution in [0.2, 0.25) is 0 Å². The van der Waals surface area contributed by atoms with Gasteiger partial charge in [-0.1, -0.05) is 25.7 Å². The number of likely N-dealkylation sites (tertiary alicyclic amines) is 1. The highest BCUT2D eigenvalue weighted by Crippen LogP contribution is 2.28. The summed E-state index contributed by atoms with van der Waals surface area (Å²) >= 11 is 0. The molecule has 1 unspecified atom stereocenters. The fourth-order valence-electron chi connectivity index (χ4n) is 4.20. The van der Waals surface area contributed by atoms with E-state index in [4.69, 9.17) is 0 Å². The van der Waals surface area contributed by atoms with E-state index in [0.717, 1.165) is 51.2 Å². The molecule has 120 valence electrons. The number of urea groups is 1. The number of hydrogen-bond donors (Lipinski definition) is 3. The molecule has 2 aliphatic carbocycles. The molecule has 1 saturated heterocycles. The minimum Gasteiger partial charge on any atom is -0.388 e. The summed E-state index contributed by atoms with van der Waals surface area (Å²) in [6.07, 6.45) is 10.2. The Bertz CT molecular complexity index is 363. The van der Waals surface area contributed by atoms with Crippen molar-refractivity contribution in [2.75, 3.05) is 19.6 Å². The molecular formula is C16H29N3O2. The van der Waals surface area contributed by atoms with Gasteiger partial charge >= 0.3 is 6.03 Å². The zero-order valence-corrected chi connectivity index (χ0v) is 12.9. The molecule has 5 heteroatoms. The maximum Gasteiger partial charge on any atom is 0.315 e. The lowest BCUT2D eigenvalue weighted by molar-refractivity contribution is 0.0500. The second kappa shape index (κ2) is 6.53. The first-order valence-corrected chi connectivity index (χ1v) is 8.65. The number of rotatable bonds is 4. The number of carbonyl (C=O) groups excluding carboxylic acids is 1. The van der Waals surface area contributed by atoms with Crippen LogP contribution < -0.4 is 10.6 Å². The van der Waals surface area contributed by atoms with Gasteiger partial charge in [0.05, 0.1) is 5.60 Å². The van der Waals surface area contributed by atoms with Gasteiger partial charge in [-0.3, -0.25) is 4.90 Å². The van der Waals surface area contributed by atoms with E-state index in [1.54, 1.807) is 0 Å². The molecule has 0 radical (unpaired) electrons. The fourth-order valence-corrected chi connectivity index (χ4v) is 4.20. The number of aliphatic hydroxyl groups is 1. The molecule has 3 fully saturated rings. The first-order chi connectivity index (χ1) is 10.1. The summed E-state index contributed by atoms with van der Waals surface area (Å²) < 4.78 is 0. The van der Waals surface area contributed by atoms with Crippen molar-refractivity contribution in [3.05, 3.63) is 0 Å². The van der Waals surface area contributed by atoms with E-state index in [1.807, 2.05) is 0 Å². The molecule has 0 spiro atoms. The van der Waals surface area contributed by atoms with E-state index in [0.29, 0.717) is 6.54 Å². The van der Waals surface area contributed by atoms with E-state index in [9.17, 15) is 9.90 Å². The van der Waals surface area contributed by atoms with Gasteiger partial charge in [0.1, 0.15) is 0 Å². The van der Waals surface area contributed by atoms with Crippen LogP contribution in [-0.4, -0.2) is 53.4 Å². The minimum atomic E-state index is -0.664. The molecule has 1 heterocycles. The molecule has 1 atom stereocenters. The van der Waals surface area contributed by atoms with E-state index in [2.05, 4.69) is 15.5 Å². The topological polar surface area (TPSA) is 64.6 Å². The molecule has 2 amide bonds. The monoisotopic (exact) mass is 295 g/mol. The Morgan fingerprint density at radius 3 is 2.57 bits per heavy atom. The summed E-state index contributed by atoms with van der Waals surface area (Å²) in [7, 11) is 0. The van der Waals surface area contributed by atoms with Gasteiger partial charge in [0, 0.05) is 31.7 Å². The van der Waals surface area contributed by atoms with Crippen molar-refractivity contribution in [2.24, 2.45) is 0 Å². The van der Waals surface area contributed by atoms with Gasteiger partial charge in [-0.25, -0.2) is 4.79 Å². The zero-order chi connectivity index (χ0) is 14.7. The zero-order valence-electron chi connectivity index (χ0n) is 12.9. The Kier molecular flexibility index (Phi) is 4.69. The predicted octanol–water partition coefficient (Wildman–Crippen LogP) is 1.61. The molecule has 0 aromatic rings. The highest BCUT2D eigenvalue weighted by molar-refractivity contribution is 5.74. The molecule has 3 aliphatic rings. The van der Waals surface area contributed by atoms with E-state index < -0.39 is 5.60 Å². The molecular weight excluding hydrogens is 266 g/mol. The molecule has 0 aromatic carbocycles. The van der Waals surface area contributed by atoms with Crippen molar-refractivity contribution in [2.45, 2.75) is 75.5 Å². The molecule has 3 N–H and O–H groups in total. The lowest BCUT2D eigenvalue weighted by Crippen LogP contribution is -2.48. The molecule has 5 nitrogen and oxygen atoms in total. The highest BCUT2D eigenvalue weighted by Gasteiger charge is 2.33. The van der Waals surface area contributed by atoms with Crippen LogP contribution in [0.3, 0.4) is 0 Å². The molecule has 2 saturated carbocycles. The van der Waals surface area contributed by atoms with Crippen LogP contribution in [0.15, 0.2) is 0 Å². The van der Waals surface area contributed by atoms with Crippen LogP contribution >= 0.6 is 0 Å². The summed E-state index contributed by atoms with van der Waals surface area (Å²) in [6.45, 7) is 2.49. The van der Waals surface area contributed by atoms with Crippen molar-refractivity contribution in [1.29, 1.82) is 0 Å². The van der Waals surface area contributed by atoms with Gasteiger partial charge in [0.2, 0.25) is 0 Å². The number of nitrogens with zero attached hydrogens (tertiary/aromatic N) is 1. The van der Waals surface area contributed by atoms with Crippen LogP contribution in [0.1, 0.15) is 57.8 Å². The maximum atomic E-state index is 12.0. The Morgan fingerprint density at radius 1 is 1.14 bits per heavy atom.